The Morgan fingerprint density at radius 1 is 1.10 bits per heavy atom. The van der Waals surface area contributed by atoms with Gasteiger partial charge in [0, 0.05) is 0 Å². The van der Waals surface area contributed by atoms with Gasteiger partial charge in [0.25, 0.3) is 0 Å². The van der Waals surface area contributed by atoms with Crippen molar-refractivity contribution in [2.24, 2.45) is 0 Å². The summed E-state index contributed by atoms with van der Waals surface area (Å²) in [5.41, 5.74) is -0.347. The molecule has 0 unspecified atom stereocenters. The first-order valence-electron chi connectivity index (χ1n) is 2.59. The summed E-state index contributed by atoms with van der Waals surface area (Å²) < 4.78 is 0. The van der Waals surface area contributed by atoms with Crippen molar-refractivity contribution in [2.45, 2.75) is 0 Å². The van der Waals surface area contributed by atoms with Gasteiger partial charge in [0.1, 0.15) is 0 Å². The van der Waals surface area contributed by atoms with Crippen LogP contribution in [0.25, 0.3) is 0 Å². The summed E-state index contributed by atoms with van der Waals surface area (Å²) >= 11 is 0. The van der Waals surface area contributed by atoms with E-state index in [9.17, 15) is 4.79 Å². The van der Waals surface area contributed by atoms with E-state index < -0.39 is 0 Å². The maximum Gasteiger partial charge on any atom is 2.00 e. The second-order valence-electron chi connectivity index (χ2n) is 1.66. The predicted molar refractivity (Wildman–Crippen MR) is 34.4 cm³/mol. The molecule has 0 aliphatic heterocycles. The first-order valence-corrected chi connectivity index (χ1v) is 2.59. The van der Waals surface area contributed by atoms with Crippen molar-refractivity contribution in [3.8, 4) is 5.75 Å². The van der Waals surface area contributed by atoms with Crippen molar-refractivity contribution >= 4 is 0 Å². The molecule has 1 aromatic carbocycles. The van der Waals surface area contributed by atoms with Crippen LogP contribution in [0.4, 0.5) is 0 Å². The molecule has 0 aliphatic rings. The Balaban J connectivity index is 0.000000810. The van der Waals surface area contributed by atoms with E-state index in [1.807, 2.05) is 0 Å². The van der Waals surface area contributed by atoms with Crippen LogP contribution in [-0.2, 0) is 16.5 Å². The van der Waals surface area contributed by atoms with Crippen molar-refractivity contribution < 1.29 is 21.6 Å². The quantitative estimate of drug-likeness (QED) is 0.599. The third-order valence-electron chi connectivity index (χ3n) is 0.976. The normalized spacial score (nSPS) is 8.00. The van der Waals surface area contributed by atoms with Crippen LogP contribution in [-0.4, -0.2) is 5.11 Å². The fourth-order valence-corrected chi connectivity index (χ4v) is 0.521. The SMILES string of the molecule is O=c1cccccc1O.[Ni+2]. The average Bonchev–Trinajstić information content (AvgIpc) is 1.99. The van der Waals surface area contributed by atoms with E-state index in [4.69, 9.17) is 5.11 Å². The molecule has 0 heterocycles. The molecule has 1 rings (SSSR count). The summed E-state index contributed by atoms with van der Waals surface area (Å²) in [5, 5.41) is 8.77. The largest absolute Gasteiger partial charge is 2.00 e. The van der Waals surface area contributed by atoms with Crippen molar-refractivity contribution in [1.29, 1.82) is 0 Å². The predicted octanol–water partition coefficient (Wildman–Crippen LogP) is 0.750. The standard InChI is InChI=1S/C7H6O2.Ni/c8-6-4-2-1-3-5-7(6)9;/h1-5H,(H,8,9);/q;+2. The molecule has 54 valence electrons. The van der Waals surface area contributed by atoms with Crippen molar-refractivity contribution in [3.63, 3.8) is 0 Å². The zero-order valence-corrected chi connectivity index (χ0v) is 6.05. The first-order chi connectivity index (χ1) is 4.30. The van der Waals surface area contributed by atoms with E-state index in [1.54, 1.807) is 18.2 Å². The average molecular weight is 181 g/mol. The van der Waals surface area contributed by atoms with Gasteiger partial charge in [-0.1, -0.05) is 18.2 Å². The molecule has 0 atom stereocenters. The van der Waals surface area contributed by atoms with Gasteiger partial charge in [-0.05, 0) is 12.1 Å². The molecule has 3 heteroatoms. The molecule has 0 saturated heterocycles. The Kier molecular flexibility index (Phi) is 3.74. The Morgan fingerprint density at radius 2 is 1.70 bits per heavy atom. The maximum absolute atomic E-state index is 10.6. The molecule has 1 N–H and O–H groups in total. The van der Waals surface area contributed by atoms with Crippen LogP contribution in [0.1, 0.15) is 0 Å². The first kappa shape index (κ1) is 9.18. The Morgan fingerprint density at radius 3 is 2.40 bits per heavy atom. The van der Waals surface area contributed by atoms with Crippen LogP contribution < -0.4 is 5.43 Å². The van der Waals surface area contributed by atoms with Crippen molar-refractivity contribution in [3.05, 3.63) is 40.6 Å². The second kappa shape index (κ2) is 4.07. The summed E-state index contributed by atoms with van der Waals surface area (Å²) in [4.78, 5) is 10.6. The van der Waals surface area contributed by atoms with E-state index >= 15 is 0 Å². The van der Waals surface area contributed by atoms with Gasteiger partial charge in [-0.25, -0.2) is 0 Å². The Hall–Kier alpha value is -0.816. The molecular weight excluding hydrogens is 175 g/mol. The minimum atomic E-state index is -0.347. The van der Waals surface area contributed by atoms with Crippen LogP contribution >= 0.6 is 0 Å². The number of hydrogen-bond donors (Lipinski definition) is 1. The molecule has 0 aliphatic carbocycles. The van der Waals surface area contributed by atoms with E-state index in [1.165, 1.54) is 12.1 Å². The number of rotatable bonds is 0. The van der Waals surface area contributed by atoms with E-state index in [0.29, 0.717) is 0 Å². The van der Waals surface area contributed by atoms with Crippen LogP contribution in [0, 0.1) is 0 Å². The Labute approximate surface area is 68.4 Å². The van der Waals surface area contributed by atoms with Gasteiger partial charge in [-0.3, -0.25) is 4.79 Å². The van der Waals surface area contributed by atoms with Gasteiger partial charge in [-0.2, -0.15) is 0 Å². The van der Waals surface area contributed by atoms with Gasteiger partial charge in [0.15, 0.2) is 5.75 Å². The molecule has 1 aromatic rings. The monoisotopic (exact) mass is 180 g/mol. The van der Waals surface area contributed by atoms with E-state index in [-0.39, 0.29) is 27.7 Å². The molecule has 10 heavy (non-hydrogen) atoms. The topological polar surface area (TPSA) is 37.3 Å². The smallest absolute Gasteiger partial charge is 0.504 e. The minimum absolute atomic E-state index is 0. The summed E-state index contributed by atoms with van der Waals surface area (Å²) in [6, 6.07) is 7.55. The van der Waals surface area contributed by atoms with Crippen LogP contribution in [0.15, 0.2) is 35.1 Å². The molecule has 0 aromatic heterocycles. The summed E-state index contributed by atoms with van der Waals surface area (Å²) in [7, 11) is 0. The molecule has 0 amide bonds. The van der Waals surface area contributed by atoms with Gasteiger partial charge in [0.2, 0.25) is 5.43 Å². The van der Waals surface area contributed by atoms with Crippen LogP contribution in [0.2, 0.25) is 0 Å². The summed E-state index contributed by atoms with van der Waals surface area (Å²) in [6.45, 7) is 0. The van der Waals surface area contributed by atoms with E-state index in [2.05, 4.69) is 0 Å². The third-order valence-corrected chi connectivity index (χ3v) is 0.976. The minimum Gasteiger partial charge on any atom is -0.504 e. The molecule has 0 bridgehead atoms. The number of aromatic hydroxyl groups is 1. The third kappa shape index (κ3) is 2.20. The van der Waals surface area contributed by atoms with Gasteiger partial charge >= 0.3 is 16.5 Å². The molecule has 0 radical (unpaired) electrons. The fourth-order valence-electron chi connectivity index (χ4n) is 0.521. The maximum atomic E-state index is 10.6. The van der Waals surface area contributed by atoms with Crippen molar-refractivity contribution in [2.75, 3.05) is 0 Å². The van der Waals surface area contributed by atoms with E-state index in [0.717, 1.165) is 0 Å². The van der Waals surface area contributed by atoms with Crippen molar-refractivity contribution in [1.82, 2.24) is 0 Å². The van der Waals surface area contributed by atoms with Crippen LogP contribution in [0.3, 0.4) is 0 Å². The van der Waals surface area contributed by atoms with Gasteiger partial charge < -0.3 is 5.11 Å². The molecule has 0 saturated carbocycles. The summed E-state index contributed by atoms with van der Waals surface area (Å²) in [5.74, 6) is -0.208. The van der Waals surface area contributed by atoms with Gasteiger partial charge in [-0.15, -0.1) is 0 Å². The fraction of sp³-hybridized carbons (Fsp3) is 0. The zero-order chi connectivity index (χ0) is 6.69. The molecule has 0 spiro atoms. The Bertz CT molecular complexity index is 259. The van der Waals surface area contributed by atoms with Crippen LogP contribution in [0.5, 0.6) is 5.75 Å². The molecular formula is C7H6NiO2+2. The zero-order valence-electron chi connectivity index (χ0n) is 5.06. The van der Waals surface area contributed by atoms with Gasteiger partial charge in [0.05, 0.1) is 0 Å². The number of hydrogen-bond acceptors (Lipinski definition) is 2. The second-order valence-corrected chi connectivity index (χ2v) is 1.66. The summed E-state index contributed by atoms with van der Waals surface area (Å²) in [6.07, 6.45) is 0. The molecule has 2 nitrogen and oxygen atoms in total. The molecule has 0 fully saturated rings.